The summed E-state index contributed by atoms with van der Waals surface area (Å²) in [5.41, 5.74) is 1.11. The maximum atomic E-state index is 13.1. The second kappa shape index (κ2) is 9.56. The summed E-state index contributed by atoms with van der Waals surface area (Å²) in [6.07, 6.45) is 5.15. The predicted octanol–water partition coefficient (Wildman–Crippen LogP) is 2.91. The van der Waals surface area contributed by atoms with Crippen LogP contribution in [0.25, 0.3) is 0 Å². The van der Waals surface area contributed by atoms with E-state index in [0.29, 0.717) is 18.4 Å². The highest BCUT2D eigenvalue weighted by Gasteiger charge is 2.42. The number of hydrogen-bond acceptors (Lipinski definition) is 3. The number of carbonyl (C=O) groups is 1. The minimum absolute atomic E-state index is 0. The molecule has 0 aliphatic carbocycles. The van der Waals surface area contributed by atoms with Gasteiger partial charge >= 0.3 is 0 Å². The van der Waals surface area contributed by atoms with Crippen LogP contribution in [0.2, 0.25) is 0 Å². The van der Waals surface area contributed by atoms with Crippen LogP contribution in [0.1, 0.15) is 31.2 Å². The van der Waals surface area contributed by atoms with Crippen LogP contribution in [0, 0.1) is 11.3 Å². The lowest BCUT2D eigenvalue weighted by atomic mass is 9.77. The van der Waals surface area contributed by atoms with Crippen molar-refractivity contribution in [3.63, 3.8) is 0 Å². The van der Waals surface area contributed by atoms with Crippen molar-refractivity contribution in [2.24, 2.45) is 11.3 Å². The van der Waals surface area contributed by atoms with E-state index >= 15 is 0 Å². The Bertz CT molecular complexity index is 518. The largest absolute Gasteiger partial charge is 0.384 e. The molecule has 0 atom stereocenters. The number of piperidine rings is 2. The lowest BCUT2D eigenvalue weighted by molar-refractivity contribution is -0.149. The van der Waals surface area contributed by atoms with Gasteiger partial charge < -0.3 is 15.0 Å². The van der Waals surface area contributed by atoms with E-state index in [1.165, 1.54) is 5.56 Å². The quantitative estimate of drug-likeness (QED) is 0.871. The molecule has 140 valence electrons. The van der Waals surface area contributed by atoms with Gasteiger partial charge in [-0.3, -0.25) is 4.79 Å². The van der Waals surface area contributed by atoms with Crippen molar-refractivity contribution in [3.8, 4) is 0 Å². The normalized spacial score (nSPS) is 20.8. The van der Waals surface area contributed by atoms with Crippen LogP contribution < -0.4 is 5.32 Å². The maximum Gasteiger partial charge on any atom is 0.231 e. The fraction of sp³-hybridized carbons (Fsp3) is 0.650. The summed E-state index contributed by atoms with van der Waals surface area (Å²) in [7, 11) is 1.71. The molecular formula is C20H31ClN2O2. The highest BCUT2D eigenvalue weighted by molar-refractivity contribution is 5.85. The Balaban J connectivity index is 0.00000225. The molecule has 2 fully saturated rings. The Morgan fingerprint density at radius 1 is 1.20 bits per heavy atom. The molecular weight excluding hydrogens is 336 g/mol. The molecule has 5 heteroatoms. The number of methoxy groups -OCH3 is 1. The molecule has 0 radical (unpaired) electrons. The molecule has 1 amide bonds. The van der Waals surface area contributed by atoms with Crippen molar-refractivity contribution >= 4 is 18.3 Å². The van der Waals surface area contributed by atoms with Crippen LogP contribution in [0.5, 0.6) is 0 Å². The first-order valence-electron chi connectivity index (χ1n) is 9.26. The fourth-order valence-electron chi connectivity index (χ4n) is 4.22. The summed E-state index contributed by atoms with van der Waals surface area (Å²) >= 11 is 0. The number of hydrogen-bond donors (Lipinski definition) is 1. The number of likely N-dealkylation sites (tertiary alicyclic amines) is 1. The van der Waals surface area contributed by atoms with Gasteiger partial charge in [-0.1, -0.05) is 30.3 Å². The molecule has 0 spiro atoms. The Hall–Kier alpha value is -1.10. The molecule has 3 rings (SSSR count). The third-order valence-electron chi connectivity index (χ3n) is 5.70. The highest BCUT2D eigenvalue weighted by atomic mass is 35.5. The smallest absolute Gasteiger partial charge is 0.231 e. The van der Waals surface area contributed by atoms with Crippen LogP contribution in [0.3, 0.4) is 0 Å². The zero-order chi connectivity index (χ0) is 16.8. The van der Waals surface area contributed by atoms with E-state index in [-0.39, 0.29) is 17.8 Å². The molecule has 2 heterocycles. The van der Waals surface area contributed by atoms with Crippen molar-refractivity contribution in [2.45, 2.75) is 32.1 Å². The van der Waals surface area contributed by atoms with E-state index in [1.807, 2.05) is 0 Å². The van der Waals surface area contributed by atoms with E-state index in [0.717, 1.165) is 58.3 Å². The molecule has 1 N–H and O–H groups in total. The zero-order valence-electron chi connectivity index (χ0n) is 15.2. The number of rotatable bonds is 5. The summed E-state index contributed by atoms with van der Waals surface area (Å²) in [4.78, 5) is 15.3. The Morgan fingerprint density at radius 3 is 2.44 bits per heavy atom. The van der Waals surface area contributed by atoms with Crippen LogP contribution >= 0.6 is 12.4 Å². The monoisotopic (exact) mass is 366 g/mol. The maximum absolute atomic E-state index is 13.1. The number of halogens is 1. The first-order valence-corrected chi connectivity index (χ1v) is 9.26. The van der Waals surface area contributed by atoms with Crippen molar-refractivity contribution in [2.75, 3.05) is 39.9 Å². The number of nitrogens with one attached hydrogen (secondary N) is 1. The molecule has 2 saturated heterocycles. The van der Waals surface area contributed by atoms with Gasteiger partial charge in [0.05, 0.1) is 12.0 Å². The number of nitrogens with zero attached hydrogens (tertiary/aromatic N) is 1. The zero-order valence-corrected chi connectivity index (χ0v) is 16.0. The molecule has 4 nitrogen and oxygen atoms in total. The summed E-state index contributed by atoms with van der Waals surface area (Å²) in [6.45, 7) is 4.18. The fourth-order valence-corrected chi connectivity index (χ4v) is 4.22. The third-order valence-corrected chi connectivity index (χ3v) is 5.70. The standard InChI is InChI=1S/C20H30N2O2.ClH/c1-24-16-20(9-11-21-12-10-20)19(23)22-13-7-18(8-14-22)15-17-5-3-2-4-6-17;/h2-6,18,21H,7-16H2,1H3;1H. The van der Waals surface area contributed by atoms with Gasteiger partial charge in [0.2, 0.25) is 5.91 Å². The molecule has 0 bridgehead atoms. The van der Waals surface area contributed by atoms with Gasteiger partial charge in [0.15, 0.2) is 0 Å². The van der Waals surface area contributed by atoms with Gasteiger partial charge in [0.25, 0.3) is 0 Å². The predicted molar refractivity (Wildman–Crippen MR) is 103 cm³/mol. The van der Waals surface area contributed by atoms with Crippen LogP contribution in [-0.4, -0.2) is 50.7 Å². The van der Waals surface area contributed by atoms with Crippen molar-refractivity contribution in [3.05, 3.63) is 35.9 Å². The molecule has 0 saturated carbocycles. The number of amides is 1. The van der Waals surface area contributed by atoms with Gasteiger partial charge in [-0.15, -0.1) is 12.4 Å². The minimum Gasteiger partial charge on any atom is -0.384 e. The average Bonchev–Trinajstić information content (AvgIpc) is 2.64. The van der Waals surface area contributed by atoms with Crippen LogP contribution in [-0.2, 0) is 16.0 Å². The second-order valence-electron chi connectivity index (χ2n) is 7.39. The summed E-state index contributed by atoms with van der Waals surface area (Å²) in [5.74, 6) is 1.02. The third kappa shape index (κ3) is 4.96. The van der Waals surface area contributed by atoms with E-state index < -0.39 is 0 Å². The van der Waals surface area contributed by atoms with Gasteiger partial charge in [0, 0.05) is 20.2 Å². The Labute approximate surface area is 157 Å². The van der Waals surface area contributed by atoms with E-state index in [9.17, 15) is 4.79 Å². The number of carbonyl (C=O) groups excluding carboxylic acids is 1. The van der Waals surface area contributed by atoms with Gasteiger partial charge in [-0.05, 0) is 56.7 Å². The highest BCUT2D eigenvalue weighted by Crippen LogP contribution is 2.33. The Kier molecular flexibility index (Phi) is 7.73. The summed E-state index contributed by atoms with van der Waals surface area (Å²) < 4.78 is 5.42. The SMILES string of the molecule is COCC1(C(=O)N2CCC(Cc3ccccc3)CC2)CCNCC1.Cl. The lowest BCUT2D eigenvalue weighted by Gasteiger charge is -2.42. The molecule has 1 aromatic rings. The number of benzene rings is 1. The van der Waals surface area contributed by atoms with E-state index in [1.54, 1.807) is 7.11 Å². The van der Waals surface area contributed by atoms with E-state index in [2.05, 4.69) is 40.5 Å². The van der Waals surface area contributed by atoms with Crippen molar-refractivity contribution in [1.82, 2.24) is 10.2 Å². The van der Waals surface area contributed by atoms with Gasteiger partial charge in [0.1, 0.15) is 0 Å². The number of ether oxygens (including phenoxy) is 1. The first-order chi connectivity index (χ1) is 11.7. The molecule has 0 unspecified atom stereocenters. The molecule has 1 aromatic carbocycles. The van der Waals surface area contributed by atoms with Crippen LogP contribution in [0.15, 0.2) is 30.3 Å². The minimum atomic E-state index is -0.299. The topological polar surface area (TPSA) is 41.6 Å². The molecule has 2 aliphatic heterocycles. The van der Waals surface area contributed by atoms with Gasteiger partial charge in [-0.2, -0.15) is 0 Å². The summed E-state index contributed by atoms with van der Waals surface area (Å²) in [6, 6.07) is 10.7. The molecule has 0 aromatic heterocycles. The Morgan fingerprint density at radius 2 is 1.84 bits per heavy atom. The lowest BCUT2D eigenvalue weighted by Crippen LogP contribution is -2.53. The van der Waals surface area contributed by atoms with E-state index in [4.69, 9.17) is 4.74 Å². The molecule has 25 heavy (non-hydrogen) atoms. The first kappa shape index (κ1) is 20.2. The second-order valence-corrected chi connectivity index (χ2v) is 7.39. The van der Waals surface area contributed by atoms with Crippen molar-refractivity contribution < 1.29 is 9.53 Å². The average molecular weight is 367 g/mol. The van der Waals surface area contributed by atoms with Crippen molar-refractivity contribution in [1.29, 1.82) is 0 Å². The van der Waals surface area contributed by atoms with Crippen LogP contribution in [0.4, 0.5) is 0 Å². The molecule has 2 aliphatic rings. The summed E-state index contributed by atoms with van der Waals surface area (Å²) in [5, 5.41) is 3.36. The van der Waals surface area contributed by atoms with Gasteiger partial charge in [-0.25, -0.2) is 0 Å².